The predicted octanol–water partition coefficient (Wildman–Crippen LogP) is 5.79. The Balaban J connectivity index is 1.38. The molecule has 0 bridgehead atoms. The Labute approximate surface area is 212 Å². The fourth-order valence-corrected chi connectivity index (χ4v) is 5.69. The van der Waals surface area contributed by atoms with E-state index in [0.29, 0.717) is 18.4 Å². The normalized spacial score (nSPS) is 20.1. The Hall–Kier alpha value is -2.50. The number of rotatable bonds is 11. The molecule has 1 aliphatic carbocycles. The number of likely N-dealkylation sites (tertiary alicyclic amines) is 1. The molecular formula is C29H45N5O. The third-order valence-corrected chi connectivity index (χ3v) is 8.08. The number of nitrogens with two attached hydrogens (primary N) is 1. The number of amides is 1. The molecule has 0 spiro atoms. The summed E-state index contributed by atoms with van der Waals surface area (Å²) >= 11 is 0. The summed E-state index contributed by atoms with van der Waals surface area (Å²) in [6, 6.07) is 8.63. The van der Waals surface area contributed by atoms with Gasteiger partial charge in [-0.15, -0.1) is 0 Å². The molecule has 0 radical (unpaired) electrons. The lowest BCUT2D eigenvalue weighted by Gasteiger charge is -2.39. The zero-order valence-electron chi connectivity index (χ0n) is 22.1. The lowest BCUT2D eigenvalue weighted by Crippen LogP contribution is -2.48. The van der Waals surface area contributed by atoms with Gasteiger partial charge in [-0.2, -0.15) is 0 Å². The highest BCUT2D eigenvalue weighted by molar-refractivity contribution is 6.06. The number of benzene rings is 1. The zero-order chi connectivity index (χ0) is 24.8. The first-order chi connectivity index (χ1) is 17.0. The van der Waals surface area contributed by atoms with Crippen LogP contribution in [0.2, 0.25) is 0 Å². The van der Waals surface area contributed by atoms with Crippen molar-refractivity contribution in [1.29, 1.82) is 0 Å². The van der Waals surface area contributed by atoms with Crippen LogP contribution in [0.1, 0.15) is 90.0 Å². The van der Waals surface area contributed by atoms with Crippen molar-refractivity contribution in [3.63, 3.8) is 0 Å². The van der Waals surface area contributed by atoms with Gasteiger partial charge in [-0.25, -0.2) is 4.99 Å². The van der Waals surface area contributed by atoms with Gasteiger partial charge in [0.2, 0.25) is 0 Å². The average molecular weight is 480 g/mol. The van der Waals surface area contributed by atoms with Crippen LogP contribution in [0.3, 0.4) is 0 Å². The van der Waals surface area contributed by atoms with Crippen LogP contribution < -0.4 is 11.1 Å². The van der Waals surface area contributed by atoms with E-state index in [0.717, 1.165) is 64.5 Å². The van der Waals surface area contributed by atoms with Gasteiger partial charge in [0, 0.05) is 25.3 Å². The van der Waals surface area contributed by atoms with Crippen LogP contribution in [0.4, 0.5) is 5.69 Å². The van der Waals surface area contributed by atoms with E-state index in [2.05, 4.69) is 55.3 Å². The van der Waals surface area contributed by atoms with Crippen molar-refractivity contribution in [3.8, 4) is 0 Å². The van der Waals surface area contributed by atoms with E-state index in [1.165, 1.54) is 36.3 Å². The van der Waals surface area contributed by atoms with Crippen molar-refractivity contribution in [3.05, 3.63) is 41.2 Å². The molecule has 1 saturated carbocycles. The van der Waals surface area contributed by atoms with E-state index in [-0.39, 0.29) is 5.91 Å². The molecule has 6 heteroatoms. The lowest BCUT2D eigenvalue weighted by molar-refractivity contribution is -0.132. The number of hydrogen-bond acceptors (Lipinski definition) is 5. The number of unbranched alkanes of at least 4 members (excludes halogenated alkanes) is 2. The summed E-state index contributed by atoms with van der Waals surface area (Å²) in [4.78, 5) is 22.7. The summed E-state index contributed by atoms with van der Waals surface area (Å²) in [7, 11) is 0. The van der Waals surface area contributed by atoms with Crippen LogP contribution >= 0.6 is 0 Å². The first kappa shape index (κ1) is 25.6. The number of aliphatic imine (C=N–C) groups is 1. The summed E-state index contributed by atoms with van der Waals surface area (Å²) in [5.74, 6) is 2.38. The van der Waals surface area contributed by atoms with Crippen molar-refractivity contribution in [1.82, 2.24) is 9.80 Å². The number of allylic oxidation sites excluding steroid dienone is 1. The average Bonchev–Trinajstić information content (AvgIpc) is 3.05. The minimum Gasteiger partial charge on any atom is -0.369 e. The second-order valence-electron chi connectivity index (χ2n) is 10.9. The topological polar surface area (TPSA) is 74.0 Å². The summed E-state index contributed by atoms with van der Waals surface area (Å²) in [6.45, 7) is 9.22. The van der Waals surface area contributed by atoms with Crippen LogP contribution in [0, 0.1) is 12.8 Å². The van der Waals surface area contributed by atoms with Crippen LogP contribution in [-0.2, 0) is 4.79 Å². The highest BCUT2D eigenvalue weighted by atomic mass is 16.2. The first-order valence-corrected chi connectivity index (χ1v) is 13.9. The van der Waals surface area contributed by atoms with Crippen molar-refractivity contribution >= 4 is 17.6 Å². The molecule has 1 saturated heterocycles. The number of piperidine rings is 1. The van der Waals surface area contributed by atoms with E-state index >= 15 is 0 Å². The molecule has 1 aromatic rings. The van der Waals surface area contributed by atoms with Gasteiger partial charge in [0.25, 0.3) is 5.91 Å². The molecule has 4 rings (SSSR count). The second kappa shape index (κ2) is 11.5. The Morgan fingerprint density at radius 1 is 1.14 bits per heavy atom. The second-order valence-corrected chi connectivity index (χ2v) is 10.9. The minimum atomic E-state index is -0.615. The number of nitrogens with one attached hydrogen (secondary N) is 1. The van der Waals surface area contributed by atoms with Crippen molar-refractivity contribution in [2.24, 2.45) is 16.6 Å². The number of carbonyl (C=O) groups is 1. The van der Waals surface area contributed by atoms with Crippen molar-refractivity contribution in [2.75, 3.05) is 25.0 Å². The quantitative estimate of drug-likeness (QED) is 0.421. The summed E-state index contributed by atoms with van der Waals surface area (Å²) < 4.78 is 0. The molecule has 1 amide bonds. The zero-order valence-corrected chi connectivity index (χ0v) is 22.1. The predicted molar refractivity (Wildman–Crippen MR) is 145 cm³/mol. The van der Waals surface area contributed by atoms with Gasteiger partial charge < -0.3 is 16.0 Å². The lowest BCUT2D eigenvalue weighted by atomic mass is 9.86. The van der Waals surface area contributed by atoms with E-state index < -0.39 is 5.54 Å². The van der Waals surface area contributed by atoms with E-state index in [1.54, 1.807) is 5.57 Å². The number of guanidine groups is 1. The highest BCUT2D eigenvalue weighted by Crippen LogP contribution is 2.36. The van der Waals surface area contributed by atoms with Crippen LogP contribution in [-0.4, -0.2) is 46.8 Å². The van der Waals surface area contributed by atoms with Crippen LogP contribution in [0.15, 0.2) is 40.7 Å². The highest BCUT2D eigenvalue weighted by Gasteiger charge is 2.47. The molecule has 2 heterocycles. The molecular weight excluding hydrogens is 434 g/mol. The third-order valence-electron chi connectivity index (χ3n) is 8.08. The number of hydrogen-bond donors (Lipinski definition) is 2. The molecule has 35 heavy (non-hydrogen) atoms. The van der Waals surface area contributed by atoms with Gasteiger partial charge in [-0.05, 0) is 81.1 Å². The number of carbonyl (C=O) groups excluding carboxylic acids is 1. The maximum atomic E-state index is 13.6. The minimum absolute atomic E-state index is 0.151. The van der Waals surface area contributed by atoms with Crippen molar-refractivity contribution < 1.29 is 4.79 Å². The van der Waals surface area contributed by atoms with Gasteiger partial charge in [-0.3, -0.25) is 9.69 Å². The number of anilines is 1. The molecule has 6 nitrogen and oxygen atoms in total. The van der Waals surface area contributed by atoms with Crippen LogP contribution in [0.25, 0.3) is 0 Å². The Kier molecular flexibility index (Phi) is 8.40. The molecule has 192 valence electrons. The smallest absolute Gasteiger partial charge is 0.257 e. The molecule has 3 N–H and O–H groups in total. The molecule has 0 aromatic heterocycles. The third kappa shape index (κ3) is 5.84. The van der Waals surface area contributed by atoms with Gasteiger partial charge in [0.1, 0.15) is 11.4 Å². The number of aryl methyl sites for hydroxylation is 1. The summed E-state index contributed by atoms with van der Waals surface area (Å²) in [5, 5.41) is 3.75. The fourth-order valence-electron chi connectivity index (χ4n) is 5.69. The van der Waals surface area contributed by atoms with E-state index in [1.807, 2.05) is 4.90 Å². The Morgan fingerprint density at radius 2 is 1.83 bits per heavy atom. The Bertz CT molecular complexity index is 930. The van der Waals surface area contributed by atoms with E-state index in [4.69, 9.17) is 10.7 Å². The summed E-state index contributed by atoms with van der Waals surface area (Å²) in [6.07, 6.45) is 11.6. The SMILES string of the molecule is CCCCC1(CCCC)N=C(N)N(CC2CCN(C(Nc3cccc(C)c3)=C3CCC3)CC2)C1=O. The molecule has 1 aromatic carbocycles. The van der Waals surface area contributed by atoms with Gasteiger partial charge in [0.15, 0.2) is 5.96 Å². The molecule has 3 aliphatic rings. The Morgan fingerprint density at radius 3 is 2.40 bits per heavy atom. The van der Waals surface area contributed by atoms with Crippen molar-refractivity contribution in [2.45, 2.75) is 96.9 Å². The summed E-state index contributed by atoms with van der Waals surface area (Å²) in [5.41, 5.74) is 9.75. The molecule has 0 atom stereocenters. The van der Waals surface area contributed by atoms with Crippen LogP contribution in [0.5, 0.6) is 0 Å². The largest absolute Gasteiger partial charge is 0.369 e. The number of nitrogens with zero attached hydrogens (tertiary/aromatic N) is 3. The van der Waals surface area contributed by atoms with Gasteiger partial charge >= 0.3 is 0 Å². The van der Waals surface area contributed by atoms with E-state index in [9.17, 15) is 4.79 Å². The monoisotopic (exact) mass is 479 g/mol. The molecule has 0 unspecified atom stereocenters. The molecule has 2 aliphatic heterocycles. The molecule has 2 fully saturated rings. The standard InChI is InChI=1S/C29H45N5O/c1-4-6-16-29(17-7-5-2)27(35)34(28(30)32-29)21-23-14-18-33(19-15-23)26(24-11-9-12-24)31-25-13-8-10-22(3)20-25/h8,10,13,20,23,31H,4-7,9,11-12,14-19,21H2,1-3H3,(H2,30,32). The maximum Gasteiger partial charge on any atom is 0.257 e. The maximum absolute atomic E-state index is 13.6. The van der Waals surface area contributed by atoms with Gasteiger partial charge in [-0.1, -0.05) is 51.7 Å². The first-order valence-electron chi connectivity index (χ1n) is 13.9. The fraction of sp³-hybridized carbons (Fsp3) is 0.655. The van der Waals surface area contributed by atoms with Gasteiger partial charge in [0.05, 0.1) is 0 Å².